The van der Waals surface area contributed by atoms with E-state index in [4.69, 9.17) is 4.74 Å². The molecule has 3 N–H and O–H groups in total. The molecule has 1 saturated heterocycles. The quantitative estimate of drug-likeness (QED) is 0.320. The van der Waals surface area contributed by atoms with Gasteiger partial charge in [0.05, 0.1) is 11.3 Å². The number of benzene rings is 1. The maximum Gasteiger partial charge on any atom is 0.336 e. The summed E-state index contributed by atoms with van der Waals surface area (Å²) in [6, 6.07) is 7.72. The van der Waals surface area contributed by atoms with Crippen molar-refractivity contribution in [1.29, 1.82) is 0 Å². The van der Waals surface area contributed by atoms with Crippen molar-refractivity contribution in [1.82, 2.24) is 19.1 Å². The molecule has 8 rings (SSSR count). The fourth-order valence-electron chi connectivity index (χ4n) is 8.81. The summed E-state index contributed by atoms with van der Waals surface area (Å²) in [4.78, 5) is 14.9. The second-order valence-electron chi connectivity index (χ2n) is 12.6. The minimum atomic E-state index is -0.970. The van der Waals surface area contributed by atoms with Crippen molar-refractivity contribution in [2.75, 3.05) is 13.6 Å². The number of aromatic carboxylic acids is 1. The maximum absolute atomic E-state index is 12.4. The van der Waals surface area contributed by atoms with Gasteiger partial charge in [-0.25, -0.2) is 4.79 Å². The molecule has 2 aliphatic carbocycles. The van der Waals surface area contributed by atoms with E-state index in [2.05, 4.69) is 34.4 Å². The smallest absolute Gasteiger partial charge is 0.336 e. The van der Waals surface area contributed by atoms with Crippen molar-refractivity contribution in [3.8, 4) is 22.8 Å². The number of rotatable bonds is 4. The van der Waals surface area contributed by atoms with Gasteiger partial charge < -0.3 is 29.4 Å². The fraction of sp³-hybridized carbons (Fsp3) is 0.394. The first-order valence-corrected chi connectivity index (χ1v) is 14.6. The van der Waals surface area contributed by atoms with Crippen LogP contribution in [0.15, 0.2) is 48.8 Å². The highest BCUT2D eigenvalue weighted by atomic mass is 16.5. The summed E-state index contributed by atoms with van der Waals surface area (Å²) >= 11 is 0. The second-order valence-corrected chi connectivity index (χ2v) is 12.6. The molecule has 42 heavy (non-hydrogen) atoms. The van der Waals surface area contributed by atoms with Crippen LogP contribution >= 0.6 is 0 Å². The highest BCUT2D eigenvalue weighted by Gasteiger charge is 2.64. The fourth-order valence-corrected chi connectivity index (χ4v) is 8.81. The molecule has 0 saturated carbocycles. The number of aliphatic hydroxyl groups is 1. The van der Waals surface area contributed by atoms with Gasteiger partial charge in [-0.1, -0.05) is 19.1 Å². The Bertz CT molecular complexity index is 1850. The number of ether oxygens (including phenoxy) is 1. The Kier molecular flexibility index (Phi) is 5.18. The van der Waals surface area contributed by atoms with Crippen LogP contribution in [0.2, 0.25) is 0 Å². The molecule has 4 aromatic rings. The van der Waals surface area contributed by atoms with Crippen LogP contribution < -0.4 is 4.74 Å². The number of likely N-dealkylation sites (tertiary alicyclic amines) is 1. The van der Waals surface area contributed by atoms with E-state index in [0.717, 1.165) is 58.5 Å². The van der Waals surface area contributed by atoms with Crippen molar-refractivity contribution in [3.63, 3.8) is 0 Å². The molecular weight excluding hydrogens is 532 g/mol. The average Bonchev–Trinajstić information content (AvgIpc) is 3.66. The number of likely N-dealkylation sites (N-methyl/N-ethyl adjacent to an activating group) is 1. The maximum atomic E-state index is 12.4. The molecule has 5 heterocycles. The van der Waals surface area contributed by atoms with Gasteiger partial charge in [-0.2, -0.15) is 5.10 Å². The van der Waals surface area contributed by atoms with Gasteiger partial charge in [0.15, 0.2) is 11.5 Å². The van der Waals surface area contributed by atoms with E-state index >= 15 is 0 Å². The van der Waals surface area contributed by atoms with Gasteiger partial charge in [0.1, 0.15) is 12.2 Å². The van der Waals surface area contributed by atoms with Crippen LogP contribution in [-0.2, 0) is 18.9 Å². The molecule has 1 spiro atoms. The highest BCUT2D eigenvalue weighted by molar-refractivity contribution is 5.92. The van der Waals surface area contributed by atoms with Crippen LogP contribution in [0.4, 0.5) is 0 Å². The van der Waals surface area contributed by atoms with Gasteiger partial charge in [-0.05, 0) is 74.3 Å². The predicted molar refractivity (Wildman–Crippen MR) is 156 cm³/mol. The van der Waals surface area contributed by atoms with E-state index in [9.17, 15) is 20.1 Å². The van der Waals surface area contributed by atoms with E-state index in [1.165, 1.54) is 0 Å². The molecule has 1 aromatic carbocycles. The van der Waals surface area contributed by atoms with Crippen LogP contribution in [0, 0.1) is 12.8 Å². The van der Waals surface area contributed by atoms with E-state index in [1.54, 1.807) is 16.9 Å². The lowest BCUT2D eigenvalue weighted by atomic mass is 9.52. The lowest BCUT2D eigenvalue weighted by Gasteiger charge is -2.56. The zero-order valence-electron chi connectivity index (χ0n) is 24.1. The van der Waals surface area contributed by atoms with Gasteiger partial charge in [0.25, 0.3) is 0 Å². The summed E-state index contributed by atoms with van der Waals surface area (Å²) in [5.41, 5.74) is 7.24. The molecule has 9 nitrogen and oxygen atoms in total. The van der Waals surface area contributed by atoms with Crippen molar-refractivity contribution in [3.05, 3.63) is 82.3 Å². The SMILES string of the molecule is Cc1c(C(=O)O)cc2cc(-c3ccnn3C)cn2c1C(C)c1cc(O)c2c3c1C[C@@H]1[C@@H]4C=C[C@H](O)[C@H](O2)[C@]34CCN1C. The molecule has 0 amide bonds. The Labute approximate surface area is 243 Å². The number of aromatic hydroxyl groups is 1. The molecule has 9 heteroatoms. The van der Waals surface area contributed by atoms with E-state index < -0.39 is 23.6 Å². The number of carboxylic acids is 1. The first-order valence-electron chi connectivity index (χ1n) is 14.6. The van der Waals surface area contributed by atoms with Crippen molar-refractivity contribution >= 4 is 11.5 Å². The van der Waals surface area contributed by atoms with Crippen LogP contribution in [-0.4, -0.2) is 72.2 Å². The average molecular weight is 567 g/mol. The number of aliphatic hydroxyl groups excluding tert-OH is 1. The summed E-state index contributed by atoms with van der Waals surface area (Å²) in [5.74, 6) is -0.455. The second kappa shape index (κ2) is 8.49. The topological polar surface area (TPSA) is 112 Å². The van der Waals surface area contributed by atoms with Crippen LogP contribution in [0.5, 0.6) is 11.5 Å². The normalized spacial score (nSPS) is 28.1. The number of carbonyl (C=O) groups is 1. The third-order valence-corrected chi connectivity index (χ3v) is 10.7. The lowest BCUT2D eigenvalue weighted by molar-refractivity contribution is -0.0454. The van der Waals surface area contributed by atoms with Crippen molar-refractivity contribution in [2.45, 2.75) is 56.3 Å². The van der Waals surface area contributed by atoms with Gasteiger partial charge in [0.2, 0.25) is 0 Å². The molecule has 6 atom stereocenters. The van der Waals surface area contributed by atoms with E-state index in [1.807, 2.05) is 44.4 Å². The number of aromatic nitrogens is 3. The molecule has 2 bridgehead atoms. The number of phenolic OH excluding ortho intramolecular Hbond substituents is 1. The van der Waals surface area contributed by atoms with Gasteiger partial charge >= 0.3 is 5.97 Å². The van der Waals surface area contributed by atoms with Crippen LogP contribution in [0.1, 0.15) is 57.6 Å². The molecule has 1 unspecified atom stereocenters. The summed E-state index contributed by atoms with van der Waals surface area (Å²) in [5, 5.41) is 37.0. The zero-order chi connectivity index (χ0) is 29.2. The Morgan fingerprint density at radius 2 is 2.02 bits per heavy atom. The monoisotopic (exact) mass is 566 g/mol. The largest absolute Gasteiger partial charge is 0.504 e. The number of aryl methyl sites for hydroxylation is 1. The van der Waals surface area contributed by atoms with Gasteiger partial charge in [0, 0.05) is 65.1 Å². The molecule has 0 radical (unpaired) electrons. The number of carboxylic acid groups (broad SMARTS) is 1. The number of hydrogen-bond acceptors (Lipinski definition) is 6. The molecule has 216 valence electrons. The number of pyridine rings is 1. The number of phenols is 1. The number of nitrogens with zero attached hydrogens (tertiary/aromatic N) is 4. The molecule has 1 fully saturated rings. The van der Waals surface area contributed by atoms with Crippen molar-refractivity contribution in [2.24, 2.45) is 13.0 Å². The van der Waals surface area contributed by atoms with Gasteiger partial charge in [-0.3, -0.25) is 4.68 Å². The predicted octanol–water partition coefficient (Wildman–Crippen LogP) is 4.01. The Morgan fingerprint density at radius 3 is 2.76 bits per heavy atom. The first kappa shape index (κ1) is 25.6. The molecular formula is C33H34N4O5. The summed E-state index contributed by atoms with van der Waals surface area (Å²) in [6.45, 7) is 4.86. The number of piperidine rings is 1. The minimum Gasteiger partial charge on any atom is -0.504 e. The van der Waals surface area contributed by atoms with Crippen LogP contribution in [0.3, 0.4) is 0 Å². The minimum absolute atomic E-state index is 0.0778. The summed E-state index contributed by atoms with van der Waals surface area (Å²) < 4.78 is 10.3. The Balaban J connectivity index is 1.38. The number of hydrogen-bond donors (Lipinski definition) is 3. The van der Waals surface area contributed by atoms with E-state index in [-0.39, 0.29) is 29.2 Å². The third-order valence-electron chi connectivity index (χ3n) is 10.7. The zero-order valence-corrected chi connectivity index (χ0v) is 24.1. The Morgan fingerprint density at radius 1 is 1.21 bits per heavy atom. The lowest BCUT2D eigenvalue weighted by Crippen LogP contribution is -2.64. The van der Waals surface area contributed by atoms with E-state index in [0.29, 0.717) is 11.3 Å². The molecule has 3 aromatic heterocycles. The standard InChI is InChI=1S/C33H34N4O5/c1-16(29-17(2)21(32(40)41)12-19-11-18(15-37(19)29)24-7-9-34-36(24)4)20-14-27(39)30-28-22(20)13-25-23-5-6-26(38)31(42-30)33(23,28)8-10-35(25)3/h5-7,9,11-12,14-16,23,25-26,31,38-39H,8,10,13H2,1-4H3,(H,40,41)/t16?,23-,25+,26-,31-,33-/m0/s1. The summed E-state index contributed by atoms with van der Waals surface area (Å²) in [7, 11) is 4.06. The van der Waals surface area contributed by atoms with Gasteiger partial charge in [-0.15, -0.1) is 0 Å². The highest BCUT2D eigenvalue weighted by Crippen LogP contribution is 2.63. The third kappa shape index (κ3) is 3.10. The molecule has 4 aliphatic rings. The first-order chi connectivity index (χ1) is 20.1. The Hall–Kier alpha value is -4.08. The van der Waals surface area contributed by atoms with Crippen LogP contribution in [0.25, 0.3) is 16.8 Å². The van der Waals surface area contributed by atoms with Crippen molar-refractivity contribution < 1.29 is 24.9 Å². The number of fused-ring (bicyclic) bond motifs is 1. The molecule has 2 aliphatic heterocycles. The summed E-state index contributed by atoms with van der Waals surface area (Å²) in [6.07, 6.45) is 8.26.